The number of benzene rings is 4. The molecule has 0 saturated carbocycles. The van der Waals surface area contributed by atoms with Crippen LogP contribution in [-0.4, -0.2) is 22.6 Å². The quantitative estimate of drug-likeness (QED) is 0.266. The van der Waals surface area contributed by atoms with Gasteiger partial charge in [-0.3, -0.25) is 9.98 Å². The van der Waals surface area contributed by atoms with E-state index in [9.17, 15) is 23.4 Å². The van der Waals surface area contributed by atoms with Crippen molar-refractivity contribution in [3.63, 3.8) is 0 Å². The topological polar surface area (TPSA) is 65.2 Å². The molecule has 0 radical (unpaired) electrons. The molecule has 0 aromatic heterocycles. The van der Waals surface area contributed by atoms with Crippen LogP contribution < -0.4 is 0 Å². The number of hydrogen-bond donors (Lipinski definition) is 2. The van der Waals surface area contributed by atoms with E-state index in [1.54, 1.807) is 31.3 Å². The minimum absolute atomic E-state index is 0.114. The van der Waals surface area contributed by atoms with Gasteiger partial charge in [0.15, 0.2) is 0 Å². The summed E-state index contributed by atoms with van der Waals surface area (Å²) in [5.74, 6) is 0.413. The molecule has 0 fully saturated rings. The molecule has 4 aromatic rings. The van der Waals surface area contributed by atoms with Gasteiger partial charge in [0.1, 0.15) is 11.5 Å². The maximum Gasteiger partial charge on any atom is 0.416 e. The normalized spacial score (nSPS) is 11.6. The molecule has 0 atom stereocenters. The van der Waals surface area contributed by atoms with Gasteiger partial charge in [0.25, 0.3) is 0 Å². The number of aromatic hydroxyl groups is 2. The second-order valence-corrected chi connectivity index (χ2v) is 8.83. The summed E-state index contributed by atoms with van der Waals surface area (Å²) in [6.07, 6.45) is -1.21. The molecule has 4 rings (SSSR count). The molecule has 0 spiro atoms. The lowest BCUT2D eigenvalue weighted by atomic mass is 10.1. The number of phenols is 2. The van der Waals surface area contributed by atoms with E-state index < -0.39 is 11.7 Å². The zero-order valence-electron chi connectivity index (χ0n) is 21.6. The molecule has 0 unspecified atom stereocenters. The number of rotatable bonds is 4. The molecule has 0 aliphatic rings. The van der Waals surface area contributed by atoms with Gasteiger partial charge in [0.2, 0.25) is 0 Å². The molecular formula is C31H29F3N2O2. The maximum absolute atomic E-state index is 12.4. The van der Waals surface area contributed by atoms with Gasteiger partial charge in [-0.1, -0.05) is 42.5 Å². The van der Waals surface area contributed by atoms with Crippen LogP contribution >= 0.6 is 0 Å². The number of phenolic OH excluding ortho intramolecular Hbond substituents is 2. The molecule has 0 aliphatic heterocycles. The Bertz CT molecular complexity index is 1440. The van der Waals surface area contributed by atoms with Crippen LogP contribution in [0.15, 0.2) is 88.8 Å². The monoisotopic (exact) mass is 518 g/mol. The summed E-state index contributed by atoms with van der Waals surface area (Å²) in [6, 6.07) is 21.5. The summed E-state index contributed by atoms with van der Waals surface area (Å²) < 4.78 is 37.2. The molecule has 0 heterocycles. The highest BCUT2D eigenvalue weighted by molar-refractivity contribution is 5.87. The zero-order valence-corrected chi connectivity index (χ0v) is 21.6. The molecule has 38 heavy (non-hydrogen) atoms. The summed E-state index contributed by atoms with van der Waals surface area (Å²) in [7, 11) is 0. The maximum atomic E-state index is 12.4. The largest absolute Gasteiger partial charge is 0.507 e. The Balaban J connectivity index is 0.000000212. The van der Waals surface area contributed by atoms with Crippen molar-refractivity contribution in [2.45, 2.75) is 33.9 Å². The number of aryl methyl sites for hydroxylation is 4. The number of hydrogen-bond acceptors (Lipinski definition) is 4. The molecule has 4 aromatic carbocycles. The summed E-state index contributed by atoms with van der Waals surface area (Å²) in [5, 5.41) is 19.7. The lowest BCUT2D eigenvalue weighted by Gasteiger charge is -2.06. The first kappa shape index (κ1) is 28.2. The predicted molar refractivity (Wildman–Crippen MR) is 148 cm³/mol. The van der Waals surface area contributed by atoms with Crippen molar-refractivity contribution in [3.8, 4) is 11.5 Å². The van der Waals surface area contributed by atoms with Gasteiger partial charge in [-0.05, 0) is 86.3 Å². The van der Waals surface area contributed by atoms with E-state index >= 15 is 0 Å². The lowest BCUT2D eigenvalue weighted by Crippen LogP contribution is -2.03. The van der Waals surface area contributed by atoms with Crippen molar-refractivity contribution >= 4 is 23.8 Å². The van der Waals surface area contributed by atoms with Crippen LogP contribution in [0.1, 0.15) is 38.9 Å². The van der Waals surface area contributed by atoms with E-state index in [4.69, 9.17) is 0 Å². The Labute approximate surface area is 220 Å². The SMILES string of the molecule is Cc1cccc(C=Nc2c(C)cccc2C)c1O.Cc1cccc(C=Nc2ccc(C(F)(F)F)cc2)c1O. The van der Waals surface area contributed by atoms with Gasteiger partial charge in [-0.15, -0.1) is 0 Å². The van der Waals surface area contributed by atoms with Crippen LogP contribution in [-0.2, 0) is 6.18 Å². The Kier molecular flexibility index (Phi) is 9.07. The Morgan fingerprint density at radius 2 is 1.00 bits per heavy atom. The van der Waals surface area contributed by atoms with Crippen molar-refractivity contribution in [1.29, 1.82) is 0 Å². The lowest BCUT2D eigenvalue weighted by molar-refractivity contribution is -0.137. The van der Waals surface area contributed by atoms with E-state index in [0.29, 0.717) is 22.6 Å². The van der Waals surface area contributed by atoms with Crippen LogP contribution in [0.2, 0.25) is 0 Å². The third kappa shape index (κ3) is 7.32. The summed E-state index contributed by atoms with van der Waals surface area (Å²) in [6.45, 7) is 7.71. The van der Waals surface area contributed by atoms with Crippen molar-refractivity contribution in [2.75, 3.05) is 0 Å². The molecular weight excluding hydrogens is 489 g/mol. The van der Waals surface area contributed by atoms with E-state index in [0.717, 1.165) is 40.1 Å². The van der Waals surface area contributed by atoms with Crippen LogP contribution in [0, 0.1) is 27.7 Å². The highest BCUT2D eigenvalue weighted by Crippen LogP contribution is 2.30. The second kappa shape index (κ2) is 12.2. The number of aliphatic imine (C=N–C) groups is 2. The van der Waals surface area contributed by atoms with Crippen LogP contribution in [0.3, 0.4) is 0 Å². The highest BCUT2D eigenvalue weighted by Gasteiger charge is 2.29. The fraction of sp³-hybridized carbons (Fsp3) is 0.161. The fourth-order valence-electron chi connectivity index (χ4n) is 3.60. The van der Waals surface area contributed by atoms with Gasteiger partial charge in [0, 0.05) is 23.6 Å². The summed E-state index contributed by atoms with van der Waals surface area (Å²) >= 11 is 0. The van der Waals surface area contributed by atoms with Gasteiger partial charge in [-0.25, -0.2) is 0 Å². The Morgan fingerprint density at radius 1 is 0.579 bits per heavy atom. The summed E-state index contributed by atoms with van der Waals surface area (Å²) in [4.78, 5) is 8.54. The van der Waals surface area contributed by atoms with Crippen molar-refractivity contribution in [2.24, 2.45) is 9.98 Å². The van der Waals surface area contributed by atoms with Crippen molar-refractivity contribution < 1.29 is 23.4 Å². The van der Waals surface area contributed by atoms with Crippen LogP contribution in [0.5, 0.6) is 11.5 Å². The molecule has 0 aliphatic carbocycles. The van der Waals surface area contributed by atoms with Gasteiger partial charge >= 0.3 is 6.18 Å². The second-order valence-electron chi connectivity index (χ2n) is 8.83. The molecule has 2 N–H and O–H groups in total. The minimum Gasteiger partial charge on any atom is -0.507 e. The van der Waals surface area contributed by atoms with E-state index in [1.165, 1.54) is 18.3 Å². The first-order valence-corrected chi connectivity index (χ1v) is 11.9. The number of halogens is 3. The molecule has 196 valence electrons. The third-order valence-electron chi connectivity index (χ3n) is 5.86. The third-order valence-corrected chi connectivity index (χ3v) is 5.86. The number of para-hydroxylation sites is 3. The van der Waals surface area contributed by atoms with E-state index in [-0.39, 0.29) is 5.75 Å². The smallest absolute Gasteiger partial charge is 0.416 e. The van der Waals surface area contributed by atoms with Crippen LogP contribution in [0.4, 0.5) is 24.5 Å². The predicted octanol–water partition coefficient (Wildman–Crippen LogP) is 8.54. The van der Waals surface area contributed by atoms with Crippen molar-refractivity contribution in [3.05, 3.63) is 118 Å². The zero-order chi connectivity index (χ0) is 27.9. The molecule has 7 heteroatoms. The average Bonchev–Trinajstić information content (AvgIpc) is 2.87. The molecule has 0 amide bonds. The minimum atomic E-state index is -4.35. The molecule has 0 bridgehead atoms. The molecule has 0 saturated heterocycles. The van der Waals surface area contributed by atoms with E-state index in [1.807, 2.05) is 57.2 Å². The standard InChI is InChI=1S/C16H17NO.C15H12F3NO/c1-11-6-4-7-12(2)15(11)17-10-14-9-5-8-13(3)16(14)18;1-10-3-2-4-11(14(10)20)9-19-13-7-5-12(6-8-13)15(16,17)18/h4-10,18H,1-3H3;2-9,20H,1H3. The molecule has 4 nitrogen and oxygen atoms in total. The van der Waals surface area contributed by atoms with Crippen molar-refractivity contribution in [1.82, 2.24) is 0 Å². The average molecular weight is 519 g/mol. The highest BCUT2D eigenvalue weighted by atomic mass is 19.4. The Morgan fingerprint density at radius 3 is 1.47 bits per heavy atom. The van der Waals surface area contributed by atoms with Gasteiger partial charge in [-0.2, -0.15) is 13.2 Å². The van der Waals surface area contributed by atoms with Gasteiger partial charge in [0.05, 0.1) is 16.9 Å². The first-order chi connectivity index (χ1) is 18.0. The van der Waals surface area contributed by atoms with Gasteiger partial charge < -0.3 is 10.2 Å². The number of nitrogens with zero attached hydrogens (tertiary/aromatic N) is 2. The van der Waals surface area contributed by atoms with Crippen LogP contribution in [0.25, 0.3) is 0 Å². The first-order valence-electron chi connectivity index (χ1n) is 11.9. The van der Waals surface area contributed by atoms with E-state index in [2.05, 4.69) is 9.98 Å². The fourth-order valence-corrected chi connectivity index (χ4v) is 3.60. The summed E-state index contributed by atoms with van der Waals surface area (Å²) in [5.41, 5.74) is 5.76. The number of alkyl halides is 3. The Hall–Kier alpha value is -4.39.